The number of rotatable bonds is 7. The fourth-order valence-electron chi connectivity index (χ4n) is 2.73. The molecule has 2 N–H and O–H groups in total. The highest BCUT2D eigenvalue weighted by molar-refractivity contribution is 6.04. The lowest BCUT2D eigenvalue weighted by atomic mass is 10.1. The van der Waals surface area contributed by atoms with Crippen molar-refractivity contribution in [2.75, 3.05) is 24.3 Å². The van der Waals surface area contributed by atoms with Gasteiger partial charge in [0.25, 0.3) is 5.91 Å². The number of methoxy groups -OCH3 is 1. The second-order valence-corrected chi connectivity index (χ2v) is 6.31. The highest BCUT2D eigenvalue weighted by Gasteiger charge is 2.08. The number of aryl methyl sites for hydroxylation is 1. The van der Waals surface area contributed by atoms with Crippen LogP contribution in [0.25, 0.3) is 0 Å². The molecule has 0 saturated carbocycles. The van der Waals surface area contributed by atoms with Gasteiger partial charge in [-0.3, -0.25) is 9.78 Å². The van der Waals surface area contributed by atoms with Gasteiger partial charge in [-0.2, -0.15) is 0 Å². The van der Waals surface area contributed by atoms with E-state index in [2.05, 4.69) is 15.6 Å². The van der Waals surface area contributed by atoms with Crippen molar-refractivity contribution in [2.24, 2.45) is 0 Å². The number of nitrogens with zero attached hydrogens (tertiary/aromatic N) is 1. The van der Waals surface area contributed by atoms with Crippen LogP contribution in [-0.4, -0.2) is 24.5 Å². The molecule has 0 aliphatic carbocycles. The van der Waals surface area contributed by atoms with Crippen molar-refractivity contribution in [3.05, 3.63) is 83.7 Å². The summed E-state index contributed by atoms with van der Waals surface area (Å²) < 4.78 is 5.17. The Morgan fingerprint density at radius 1 is 1.04 bits per heavy atom. The summed E-state index contributed by atoms with van der Waals surface area (Å²) in [5.74, 6) is 0.676. The molecule has 0 aliphatic heterocycles. The highest BCUT2D eigenvalue weighted by Crippen LogP contribution is 2.15. The Morgan fingerprint density at radius 3 is 2.59 bits per heavy atom. The minimum atomic E-state index is -0.174. The maximum Gasteiger partial charge on any atom is 0.257 e. The second-order valence-electron chi connectivity index (χ2n) is 6.31. The molecule has 5 nitrogen and oxygen atoms in total. The number of hydrogen-bond acceptors (Lipinski definition) is 4. The number of nitrogens with one attached hydrogen (secondary N) is 2. The number of benzene rings is 2. The Morgan fingerprint density at radius 2 is 1.85 bits per heavy atom. The molecule has 5 heteroatoms. The summed E-state index contributed by atoms with van der Waals surface area (Å²) in [5, 5.41) is 6.22. The maximum absolute atomic E-state index is 12.4. The van der Waals surface area contributed by atoms with Crippen molar-refractivity contribution in [3.63, 3.8) is 0 Å². The van der Waals surface area contributed by atoms with Crippen LogP contribution in [0.15, 0.2) is 67.0 Å². The third-order valence-corrected chi connectivity index (χ3v) is 4.18. The number of amides is 1. The number of ether oxygens (including phenoxy) is 1. The molecule has 0 unspecified atom stereocenters. The zero-order valence-electron chi connectivity index (χ0n) is 15.5. The van der Waals surface area contributed by atoms with E-state index in [0.717, 1.165) is 35.7 Å². The molecule has 3 rings (SSSR count). The molecular weight excluding hydrogens is 338 g/mol. The van der Waals surface area contributed by atoms with E-state index in [1.165, 1.54) is 5.56 Å². The molecule has 0 aliphatic rings. The normalized spacial score (nSPS) is 10.3. The van der Waals surface area contributed by atoms with E-state index in [1.807, 2.05) is 61.5 Å². The van der Waals surface area contributed by atoms with E-state index >= 15 is 0 Å². The van der Waals surface area contributed by atoms with Gasteiger partial charge in [0.15, 0.2) is 0 Å². The summed E-state index contributed by atoms with van der Waals surface area (Å²) in [6.45, 7) is 2.74. The van der Waals surface area contributed by atoms with Crippen LogP contribution in [-0.2, 0) is 6.42 Å². The van der Waals surface area contributed by atoms with Crippen LogP contribution in [0.2, 0.25) is 0 Å². The van der Waals surface area contributed by atoms with Gasteiger partial charge in [0.05, 0.1) is 18.4 Å². The molecule has 138 valence electrons. The lowest BCUT2D eigenvalue weighted by molar-refractivity contribution is 0.102. The van der Waals surface area contributed by atoms with Crippen LogP contribution in [0.5, 0.6) is 5.75 Å². The van der Waals surface area contributed by atoms with E-state index in [-0.39, 0.29) is 5.91 Å². The van der Waals surface area contributed by atoms with E-state index < -0.39 is 0 Å². The molecule has 2 aromatic carbocycles. The first-order chi connectivity index (χ1) is 13.1. The summed E-state index contributed by atoms with van der Waals surface area (Å²) >= 11 is 0. The molecule has 1 heterocycles. The van der Waals surface area contributed by atoms with Crippen molar-refractivity contribution in [3.8, 4) is 5.75 Å². The molecule has 0 saturated heterocycles. The fourth-order valence-corrected chi connectivity index (χ4v) is 2.73. The number of carbonyl (C=O) groups is 1. The van der Waals surface area contributed by atoms with Gasteiger partial charge in [-0.25, -0.2) is 0 Å². The molecule has 0 fully saturated rings. The van der Waals surface area contributed by atoms with Gasteiger partial charge in [-0.05, 0) is 54.8 Å². The lowest BCUT2D eigenvalue weighted by Gasteiger charge is -2.09. The molecule has 1 aromatic heterocycles. The molecule has 0 radical (unpaired) electrons. The van der Waals surface area contributed by atoms with E-state index in [0.29, 0.717) is 5.56 Å². The summed E-state index contributed by atoms with van der Waals surface area (Å²) in [6.07, 6.45) is 4.15. The first-order valence-electron chi connectivity index (χ1n) is 8.84. The Kier molecular flexibility index (Phi) is 6.05. The van der Waals surface area contributed by atoms with Crippen molar-refractivity contribution in [1.82, 2.24) is 4.98 Å². The SMILES string of the molecule is COc1ccc(CCNc2cncc(C(=O)Nc3cccc(C)c3)c2)cc1. The van der Waals surface area contributed by atoms with Crippen LogP contribution < -0.4 is 15.4 Å². The molecule has 3 aromatic rings. The highest BCUT2D eigenvalue weighted by atomic mass is 16.5. The Labute approximate surface area is 159 Å². The van der Waals surface area contributed by atoms with Gasteiger partial charge in [0.2, 0.25) is 0 Å². The molecule has 0 spiro atoms. The van der Waals surface area contributed by atoms with E-state index in [9.17, 15) is 4.79 Å². The zero-order chi connectivity index (χ0) is 19.1. The van der Waals surface area contributed by atoms with Crippen molar-refractivity contribution < 1.29 is 9.53 Å². The van der Waals surface area contributed by atoms with E-state index in [4.69, 9.17) is 4.74 Å². The maximum atomic E-state index is 12.4. The molecule has 27 heavy (non-hydrogen) atoms. The third-order valence-electron chi connectivity index (χ3n) is 4.18. The third kappa shape index (κ3) is 5.31. The minimum Gasteiger partial charge on any atom is -0.497 e. The summed E-state index contributed by atoms with van der Waals surface area (Å²) in [5.41, 5.74) is 4.42. The van der Waals surface area contributed by atoms with Crippen LogP contribution in [0, 0.1) is 6.92 Å². The minimum absolute atomic E-state index is 0.174. The Balaban J connectivity index is 1.57. The first kappa shape index (κ1) is 18.5. The molecule has 0 bridgehead atoms. The number of hydrogen-bond donors (Lipinski definition) is 2. The van der Waals surface area contributed by atoms with Crippen molar-refractivity contribution in [1.29, 1.82) is 0 Å². The predicted molar refractivity (Wildman–Crippen MR) is 109 cm³/mol. The average molecular weight is 361 g/mol. The lowest BCUT2D eigenvalue weighted by Crippen LogP contribution is -2.13. The molecule has 1 amide bonds. The monoisotopic (exact) mass is 361 g/mol. The van der Waals surface area contributed by atoms with Crippen LogP contribution in [0.4, 0.5) is 11.4 Å². The molecule has 0 atom stereocenters. The van der Waals surface area contributed by atoms with Crippen LogP contribution in [0.1, 0.15) is 21.5 Å². The second kappa shape index (κ2) is 8.85. The molecular formula is C22H23N3O2. The van der Waals surface area contributed by atoms with E-state index in [1.54, 1.807) is 19.5 Å². The van der Waals surface area contributed by atoms with Gasteiger partial charge < -0.3 is 15.4 Å². The van der Waals surface area contributed by atoms with Crippen LogP contribution >= 0.6 is 0 Å². The first-order valence-corrected chi connectivity index (χ1v) is 8.84. The van der Waals surface area contributed by atoms with Crippen LogP contribution in [0.3, 0.4) is 0 Å². The largest absolute Gasteiger partial charge is 0.497 e. The van der Waals surface area contributed by atoms with Gasteiger partial charge in [-0.15, -0.1) is 0 Å². The number of anilines is 2. The Hall–Kier alpha value is -3.34. The van der Waals surface area contributed by atoms with Gasteiger partial charge in [0, 0.05) is 24.6 Å². The number of pyridine rings is 1. The standard InChI is InChI=1S/C22H23N3O2/c1-16-4-3-5-19(12-16)25-22(26)18-13-20(15-23-14-18)24-11-10-17-6-8-21(27-2)9-7-17/h3-9,12-15,24H,10-11H2,1-2H3,(H,25,26). The van der Waals surface area contributed by atoms with Crippen molar-refractivity contribution in [2.45, 2.75) is 13.3 Å². The quantitative estimate of drug-likeness (QED) is 0.658. The Bertz CT molecular complexity index is 907. The number of carbonyl (C=O) groups excluding carboxylic acids is 1. The zero-order valence-corrected chi connectivity index (χ0v) is 15.5. The predicted octanol–water partition coefficient (Wildman–Crippen LogP) is 4.31. The van der Waals surface area contributed by atoms with Crippen molar-refractivity contribution >= 4 is 17.3 Å². The smallest absolute Gasteiger partial charge is 0.257 e. The topological polar surface area (TPSA) is 63.2 Å². The summed E-state index contributed by atoms with van der Waals surface area (Å²) in [4.78, 5) is 16.6. The van der Waals surface area contributed by atoms with Gasteiger partial charge in [0.1, 0.15) is 5.75 Å². The average Bonchev–Trinajstić information content (AvgIpc) is 2.69. The summed E-state index contributed by atoms with van der Waals surface area (Å²) in [7, 11) is 1.66. The summed E-state index contributed by atoms with van der Waals surface area (Å²) in [6, 6.07) is 17.5. The fraction of sp³-hybridized carbons (Fsp3) is 0.182. The number of aromatic nitrogens is 1. The van der Waals surface area contributed by atoms with Gasteiger partial charge >= 0.3 is 0 Å². The van der Waals surface area contributed by atoms with Gasteiger partial charge in [-0.1, -0.05) is 24.3 Å².